The Labute approximate surface area is 150 Å². The topological polar surface area (TPSA) is 89.2 Å². The number of hydrogen-bond acceptors (Lipinski definition) is 4. The predicted octanol–water partition coefficient (Wildman–Crippen LogP) is 3.07. The van der Waals surface area contributed by atoms with E-state index in [0.717, 1.165) is 12.1 Å². The third-order valence-corrected chi connectivity index (χ3v) is 3.17. The number of carbonyl (C=O) groups is 1. The Bertz CT molecular complexity index is 582. The third-order valence-electron chi connectivity index (χ3n) is 3.17. The number of anilines is 1. The highest BCUT2D eigenvalue weighted by Gasteiger charge is 2.21. The maximum atomic E-state index is 12.2. The maximum Gasteiger partial charge on any atom is 0.410 e. The van der Waals surface area contributed by atoms with E-state index in [1.807, 2.05) is 52.0 Å². The highest BCUT2D eigenvalue weighted by molar-refractivity contribution is 5.93. The van der Waals surface area contributed by atoms with Gasteiger partial charge in [0.2, 0.25) is 0 Å². The minimum absolute atomic E-state index is 0.269. The number of aliphatic imine (C=N–C) groups is 1. The predicted molar refractivity (Wildman–Crippen MR) is 101 cm³/mol. The van der Waals surface area contributed by atoms with E-state index >= 15 is 0 Å². The average molecular weight is 350 g/mol. The van der Waals surface area contributed by atoms with Crippen molar-refractivity contribution in [1.82, 2.24) is 4.90 Å². The molecule has 7 nitrogen and oxygen atoms in total. The van der Waals surface area contributed by atoms with Crippen LogP contribution in [0, 0.1) is 0 Å². The summed E-state index contributed by atoms with van der Waals surface area (Å²) in [5.41, 5.74) is 6.14. The molecule has 1 aromatic carbocycles. The van der Waals surface area contributed by atoms with Crippen LogP contribution >= 0.6 is 0 Å². The normalized spacial score (nSPS) is 11.8. The summed E-state index contributed by atoms with van der Waals surface area (Å²) in [6.45, 7) is 9.00. The number of nitrogens with one attached hydrogen (secondary N) is 1. The van der Waals surface area contributed by atoms with Gasteiger partial charge in [-0.25, -0.2) is 4.79 Å². The minimum Gasteiger partial charge on any atom is -0.495 e. The van der Waals surface area contributed by atoms with Gasteiger partial charge >= 0.3 is 6.09 Å². The van der Waals surface area contributed by atoms with Crippen molar-refractivity contribution in [3.05, 3.63) is 24.3 Å². The fourth-order valence-electron chi connectivity index (χ4n) is 2.11. The first kappa shape index (κ1) is 20.6. The summed E-state index contributed by atoms with van der Waals surface area (Å²) in [4.78, 5) is 18.1. The fourth-order valence-corrected chi connectivity index (χ4v) is 2.11. The first-order valence-corrected chi connectivity index (χ1v) is 8.44. The smallest absolute Gasteiger partial charge is 0.410 e. The molecule has 0 aliphatic heterocycles. The van der Waals surface area contributed by atoms with Crippen molar-refractivity contribution in [2.24, 2.45) is 10.7 Å². The maximum absolute atomic E-state index is 12.2. The van der Waals surface area contributed by atoms with Gasteiger partial charge in [-0.3, -0.25) is 4.99 Å². The molecule has 0 spiro atoms. The van der Waals surface area contributed by atoms with Gasteiger partial charge in [0.15, 0.2) is 5.96 Å². The van der Waals surface area contributed by atoms with Crippen LogP contribution in [0.3, 0.4) is 0 Å². The zero-order valence-electron chi connectivity index (χ0n) is 15.8. The number of amides is 1. The van der Waals surface area contributed by atoms with Crippen molar-refractivity contribution >= 4 is 17.7 Å². The first-order valence-electron chi connectivity index (χ1n) is 8.44. The van der Waals surface area contributed by atoms with Crippen molar-refractivity contribution in [2.45, 2.75) is 39.7 Å². The molecule has 25 heavy (non-hydrogen) atoms. The van der Waals surface area contributed by atoms with Gasteiger partial charge in [0.05, 0.1) is 19.3 Å². The lowest BCUT2D eigenvalue weighted by Crippen LogP contribution is -2.39. The van der Waals surface area contributed by atoms with Crippen molar-refractivity contribution < 1.29 is 14.3 Å². The number of nitrogens with two attached hydrogens (primary N) is 1. The lowest BCUT2D eigenvalue weighted by molar-refractivity contribution is 0.0256. The Morgan fingerprint density at radius 3 is 2.56 bits per heavy atom. The summed E-state index contributed by atoms with van der Waals surface area (Å²) in [6, 6.07) is 7.44. The molecule has 0 aliphatic carbocycles. The monoisotopic (exact) mass is 350 g/mol. The van der Waals surface area contributed by atoms with Gasteiger partial charge in [0, 0.05) is 13.1 Å². The molecular formula is C18H30N4O3. The van der Waals surface area contributed by atoms with E-state index in [-0.39, 0.29) is 12.1 Å². The summed E-state index contributed by atoms with van der Waals surface area (Å²) >= 11 is 0. The molecule has 1 rings (SSSR count). The summed E-state index contributed by atoms with van der Waals surface area (Å²) in [5, 5.41) is 3.00. The van der Waals surface area contributed by atoms with Gasteiger partial charge in [-0.1, -0.05) is 19.1 Å². The highest BCUT2D eigenvalue weighted by atomic mass is 16.6. The number of ether oxygens (including phenoxy) is 2. The van der Waals surface area contributed by atoms with Crippen LogP contribution in [0.1, 0.15) is 34.1 Å². The molecule has 0 saturated heterocycles. The lowest BCUT2D eigenvalue weighted by atomic mass is 10.2. The van der Waals surface area contributed by atoms with E-state index < -0.39 is 5.60 Å². The van der Waals surface area contributed by atoms with Gasteiger partial charge in [-0.05, 0) is 39.3 Å². The molecule has 0 saturated carbocycles. The fraction of sp³-hybridized carbons (Fsp3) is 0.556. The van der Waals surface area contributed by atoms with Crippen LogP contribution < -0.4 is 15.8 Å². The van der Waals surface area contributed by atoms with Crippen molar-refractivity contribution in [3.8, 4) is 5.75 Å². The molecule has 0 radical (unpaired) electrons. The zero-order chi connectivity index (χ0) is 18.9. The van der Waals surface area contributed by atoms with E-state index in [2.05, 4.69) is 10.3 Å². The minimum atomic E-state index is -0.517. The Morgan fingerprint density at radius 1 is 1.28 bits per heavy atom. The molecule has 0 heterocycles. The third kappa shape index (κ3) is 7.78. The number of hydrogen-bond donors (Lipinski definition) is 2. The zero-order valence-corrected chi connectivity index (χ0v) is 15.8. The van der Waals surface area contributed by atoms with Crippen LogP contribution in [0.5, 0.6) is 5.75 Å². The van der Waals surface area contributed by atoms with Gasteiger partial charge < -0.3 is 25.4 Å². The number of para-hydroxylation sites is 2. The van der Waals surface area contributed by atoms with Gasteiger partial charge in [-0.2, -0.15) is 0 Å². The lowest BCUT2D eigenvalue weighted by Gasteiger charge is -2.26. The molecule has 140 valence electrons. The number of guanidine groups is 1. The van der Waals surface area contributed by atoms with Crippen molar-refractivity contribution in [3.63, 3.8) is 0 Å². The molecule has 7 heteroatoms. The second kappa shape index (κ2) is 9.76. The Hall–Kier alpha value is -2.44. The van der Waals surface area contributed by atoms with E-state index in [1.54, 1.807) is 12.0 Å². The van der Waals surface area contributed by atoms with E-state index in [4.69, 9.17) is 15.2 Å². The molecule has 1 amide bonds. The Morgan fingerprint density at radius 2 is 1.96 bits per heavy atom. The SMILES string of the molecule is CCCN(CCN=C(N)Nc1ccccc1OC)C(=O)OC(C)(C)C. The van der Waals surface area contributed by atoms with Crippen LogP contribution in [0.4, 0.5) is 10.5 Å². The van der Waals surface area contributed by atoms with Crippen LogP contribution in [-0.4, -0.2) is 49.3 Å². The van der Waals surface area contributed by atoms with Crippen molar-refractivity contribution in [2.75, 3.05) is 32.1 Å². The van der Waals surface area contributed by atoms with E-state index in [1.165, 1.54) is 0 Å². The van der Waals surface area contributed by atoms with Crippen molar-refractivity contribution in [1.29, 1.82) is 0 Å². The molecule has 0 bridgehead atoms. The molecular weight excluding hydrogens is 320 g/mol. The van der Waals surface area contributed by atoms with Gasteiger partial charge in [0.1, 0.15) is 11.4 Å². The van der Waals surface area contributed by atoms with Crippen LogP contribution in [-0.2, 0) is 4.74 Å². The van der Waals surface area contributed by atoms with E-state index in [9.17, 15) is 4.79 Å². The molecule has 0 atom stereocenters. The number of methoxy groups -OCH3 is 1. The molecule has 0 fully saturated rings. The van der Waals surface area contributed by atoms with E-state index in [0.29, 0.717) is 25.4 Å². The number of benzene rings is 1. The second-order valence-electron chi connectivity index (χ2n) is 6.56. The molecule has 0 aliphatic rings. The summed E-state index contributed by atoms with van der Waals surface area (Å²) in [5.74, 6) is 0.951. The summed E-state index contributed by atoms with van der Waals surface area (Å²) in [7, 11) is 1.59. The quantitative estimate of drug-likeness (QED) is 0.583. The molecule has 3 N–H and O–H groups in total. The van der Waals surface area contributed by atoms with Crippen LogP contribution in [0.15, 0.2) is 29.3 Å². The van der Waals surface area contributed by atoms with Crippen LogP contribution in [0.25, 0.3) is 0 Å². The standard InChI is InChI=1S/C18H30N4O3/c1-6-12-22(17(23)25-18(2,3)4)13-11-20-16(19)21-14-9-7-8-10-15(14)24-5/h7-10H,6,11-13H2,1-5H3,(H3,19,20,21). The van der Waals surface area contributed by atoms with Gasteiger partial charge in [0.25, 0.3) is 0 Å². The molecule has 1 aromatic rings. The summed E-state index contributed by atoms with van der Waals surface area (Å²) < 4.78 is 10.7. The second-order valence-corrected chi connectivity index (χ2v) is 6.56. The molecule has 0 aromatic heterocycles. The van der Waals surface area contributed by atoms with Crippen LogP contribution in [0.2, 0.25) is 0 Å². The highest BCUT2D eigenvalue weighted by Crippen LogP contribution is 2.22. The Kier molecular flexibility index (Phi) is 8.04. The summed E-state index contributed by atoms with van der Waals surface area (Å²) in [6.07, 6.45) is 0.513. The number of nitrogens with zero attached hydrogens (tertiary/aromatic N) is 2. The molecule has 0 unspecified atom stereocenters. The number of carbonyl (C=O) groups excluding carboxylic acids is 1. The largest absolute Gasteiger partial charge is 0.495 e. The van der Waals surface area contributed by atoms with Gasteiger partial charge in [-0.15, -0.1) is 0 Å². The number of rotatable bonds is 7. The first-order chi connectivity index (χ1) is 11.8. The Balaban J connectivity index is 2.61. The average Bonchev–Trinajstić information content (AvgIpc) is 2.53.